The third kappa shape index (κ3) is 4.03. The van der Waals surface area contributed by atoms with Gasteiger partial charge in [0.1, 0.15) is 5.82 Å². The monoisotopic (exact) mass is 450 g/mol. The molecule has 7 nitrogen and oxygen atoms in total. The lowest BCUT2D eigenvalue weighted by atomic mass is 10.0. The van der Waals surface area contributed by atoms with E-state index in [1.165, 1.54) is 28.8 Å². The van der Waals surface area contributed by atoms with Crippen LogP contribution in [-0.4, -0.2) is 46.4 Å². The fraction of sp³-hybridized carbons (Fsp3) is 0.208. The number of hydrogen-bond donors (Lipinski definition) is 0. The Kier molecular flexibility index (Phi) is 5.47. The lowest BCUT2D eigenvalue weighted by Gasteiger charge is -2.35. The average molecular weight is 450 g/mol. The molecule has 0 unspecified atom stereocenters. The van der Waals surface area contributed by atoms with Gasteiger partial charge in [0.25, 0.3) is 0 Å². The molecule has 1 saturated heterocycles. The molecular formula is C24H20F2N4O3. The Morgan fingerprint density at radius 3 is 2.58 bits per heavy atom. The molecule has 0 amide bonds. The van der Waals surface area contributed by atoms with Gasteiger partial charge in [0.2, 0.25) is 0 Å². The minimum Gasteiger partial charge on any atom is -0.408 e. The lowest BCUT2D eigenvalue weighted by molar-refractivity contribution is 0.103. The second-order valence-electron chi connectivity index (χ2n) is 7.84. The quantitative estimate of drug-likeness (QED) is 0.435. The molecule has 0 bridgehead atoms. The molecule has 4 aromatic rings. The summed E-state index contributed by atoms with van der Waals surface area (Å²) in [5, 5.41) is 0. The van der Waals surface area contributed by atoms with Crippen molar-refractivity contribution in [2.24, 2.45) is 0 Å². The molecule has 2 aromatic carbocycles. The van der Waals surface area contributed by atoms with E-state index in [9.17, 15) is 18.4 Å². The van der Waals surface area contributed by atoms with Crippen LogP contribution in [0.25, 0.3) is 11.1 Å². The van der Waals surface area contributed by atoms with Gasteiger partial charge in [-0.05, 0) is 42.5 Å². The molecule has 5 rings (SSSR count). The number of fused-ring (bicyclic) bond motifs is 1. The smallest absolute Gasteiger partial charge is 0.408 e. The Hall–Kier alpha value is -3.85. The highest BCUT2D eigenvalue weighted by molar-refractivity contribution is 6.10. The lowest BCUT2D eigenvalue weighted by Crippen LogP contribution is -2.47. The van der Waals surface area contributed by atoms with E-state index in [-0.39, 0.29) is 16.7 Å². The summed E-state index contributed by atoms with van der Waals surface area (Å²) in [5.41, 5.74) is 0.483. The summed E-state index contributed by atoms with van der Waals surface area (Å²) in [4.78, 5) is 33.9. The standard InChI is InChI=1S/C24H20F2N4O3/c25-18-5-3-4-17(22(18)26)23(31)16-7-8-19-20(14-16)33-24(32)30(19)15-28-10-12-29(13-11-28)21-6-1-2-9-27-21/h1-9,14H,10-13,15H2. The molecule has 33 heavy (non-hydrogen) atoms. The zero-order valence-electron chi connectivity index (χ0n) is 17.6. The van der Waals surface area contributed by atoms with Gasteiger partial charge in [-0.3, -0.25) is 14.3 Å². The minimum absolute atomic E-state index is 0.108. The van der Waals surface area contributed by atoms with Crippen molar-refractivity contribution in [2.45, 2.75) is 6.67 Å². The predicted octanol–water partition coefficient (Wildman–Crippen LogP) is 3.28. The van der Waals surface area contributed by atoms with Crippen molar-refractivity contribution in [2.75, 3.05) is 31.1 Å². The number of pyridine rings is 1. The first-order valence-corrected chi connectivity index (χ1v) is 10.5. The van der Waals surface area contributed by atoms with Gasteiger partial charge in [0.15, 0.2) is 23.0 Å². The SMILES string of the molecule is O=C(c1ccc2c(c1)oc(=O)n2CN1CCN(c2ccccn2)CC1)c1cccc(F)c1F. The Morgan fingerprint density at radius 2 is 1.82 bits per heavy atom. The number of oxazole rings is 1. The molecule has 0 saturated carbocycles. The Bertz CT molecular complexity index is 1380. The predicted molar refractivity (Wildman–Crippen MR) is 118 cm³/mol. The van der Waals surface area contributed by atoms with Crippen molar-refractivity contribution in [1.82, 2.24) is 14.5 Å². The summed E-state index contributed by atoms with van der Waals surface area (Å²) in [6, 6.07) is 13.7. The first kappa shape index (κ1) is 21.0. The number of carbonyl (C=O) groups is 1. The summed E-state index contributed by atoms with van der Waals surface area (Å²) in [6.45, 7) is 3.38. The van der Waals surface area contributed by atoms with E-state index in [4.69, 9.17) is 4.42 Å². The first-order valence-electron chi connectivity index (χ1n) is 10.5. The zero-order valence-corrected chi connectivity index (χ0v) is 17.6. The van der Waals surface area contributed by atoms with Gasteiger partial charge >= 0.3 is 5.76 Å². The number of rotatable bonds is 5. The molecule has 2 aromatic heterocycles. The van der Waals surface area contributed by atoms with Crippen LogP contribution >= 0.6 is 0 Å². The van der Waals surface area contributed by atoms with E-state index in [0.717, 1.165) is 38.1 Å². The van der Waals surface area contributed by atoms with Crippen LogP contribution in [0.1, 0.15) is 15.9 Å². The third-order valence-corrected chi connectivity index (χ3v) is 5.81. The first-order chi connectivity index (χ1) is 16.0. The molecule has 1 aliphatic rings. The number of nitrogens with zero attached hydrogens (tertiary/aromatic N) is 4. The molecule has 3 heterocycles. The van der Waals surface area contributed by atoms with E-state index in [1.54, 1.807) is 12.3 Å². The van der Waals surface area contributed by atoms with Crippen LogP contribution in [0.5, 0.6) is 0 Å². The van der Waals surface area contributed by atoms with Gasteiger partial charge in [-0.1, -0.05) is 12.1 Å². The number of anilines is 1. The Balaban J connectivity index is 1.34. The summed E-state index contributed by atoms with van der Waals surface area (Å²) < 4.78 is 34.4. The van der Waals surface area contributed by atoms with Crippen LogP contribution in [0, 0.1) is 11.6 Å². The van der Waals surface area contributed by atoms with E-state index in [2.05, 4.69) is 14.8 Å². The molecule has 1 aliphatic heterocycles. The molecule has 1 fully saturated rings. The van der Waals surface area contributed by atoms with Crippen LogP contribution in [0.2, 0.25) is 0 Å². The summed E-state index contributed by atoms with van der Waals surface area (Å²) in [7, 11) is 0. The van der Waals surface area contributed by atoms with E-state index in [1.807, 2.05) is 18.2 Å². The second kappa shape index (κ2) is 8.59. The maximum absolute atomic E-state index is 14.0. The van der Waals surface area contributed by atoms with Crippen LogP contribution in [0.4, 0.5) is 14.6 Å². The largest absolute Gasteiger partial charge is 0.421 e. The normalized spacial score (nSPS) is 14.7. The van der Waals surface area contributed by atoms with Crippen molar-refractivity contribution in [3.05, 3.63) is 94.1 Å². The second-order valence-corrected chi connectivity index (χ2v) is 7.84. The average Bonchev–Trinajstić information content (AvgIpc) is 3.15. The molecule has 0 aliphatic carbocycles. The molecular weight excluding hydrogens is 430 g/mol. The fourth-order valence-electron chi connectivity index (χ4n) is 4.04. The van der Waals surface area contributed by atoms with Gasteiger partial charge in [-0.25, -0.2) is 18.6 Å². The van der Waals surface area contributed by atoms with Crippen molar-refractivity contribution in [3.8, 4) is 0 Å². The van der Waals surface area contributed by atoms with Gasteiger partial charge in [-0.2, -0.15) is 0 Å². The van der Waals surface area contributed by atoms with Gasteiger partial charge in [-0.15, -0.1) is 0 Å². The van der Waals surface area contributed by atoms with E-state index < -0.39 is 23.2 Å². The molecule has 0 spiro atoms. The van der Waals surface area contributed by atoms with Crippen LogP contribution in [0.15, 0.2) is 70.0 Å². The Morgan fingerprint density at radius 1 is 1.00 bits per heavy atom. The maximum Gasteiger partial charge on any atom is 0.421 e. The summed E-state index contributed by atoms with van der Waals surface area (Å²) in [6.07, 6.45) is 1.76. The summed E-state index contributed by atoms with van der Waals surface area (Å²) >= 11 is 0. The number of hydrogen-bond acceptors (Lipinski definition) is 6. The highest BCUT2D eigenvalue weighted by atomic mass is 19.2. The topological polar surface area (TPSA) is 71.6 Å². The molecule has 9 heteroatoms. The maximum atomic E-state index is 14.0. The summed E-state index contributed by atoms with van der Waals surface area (Å²) in [5.74, 6) is -2.60. The fourth-order valence-corrected chi connectivity index (χ4v) is 4.04. The number of aromatic nitrogens is 2. The number of carbonyl (C=O) groups excluding carboxylic acids is 1. The zero-order chi connectivity index (χ0) is 22.9. The molecule has 0 radical (unpaired) electrons. The molecule has 0 atom stereocenters. The minimum atomic E-state index is -1.20. The Labute approximate surface area is 187 Å². The van der Waals surface area contributed by atoms with Crippen molar-refractivity contribution < 1.29 is 18.0 Å². The number of ketones is 1. The highest BCUT2D eigenvalue weighted by Crippen LogP contribution is 2.21. The van der Waals surface area contributed by atoms with Crippen molar-refractivity contribution in [1.29, 1.82) is 0 Å². The highest BCUT2D eigenvalue weighted by Gasteiger charge is 2.22. The number of halogens is 2. The molecule has 168 valence electrons. The van der Waals surface area contributed by atoms with Crippen LogP contribution < -0.4 is 10.7 Å². The van der Waals surface area contributed by atoms with Crippen LogP contribution in [-0.2, 0) is 6.67 Å². The number of benzene rings is 2. The van der Waals surface area contributed by atoms with E-state index >= 15 is 0 Å². The van der Waals surface area contributed by atoms with Gasteiger partial charge in [0.05, 0.1) is 17.7 Å². The van der Waals surface area contributed by atoms with Crippen molar-refractivity contribution >= 4 is 22.7 Å². The number of piperazine rings is 1. The van der Waals surface area contributed by atoms with Gasteiger partial charge in [0, 0.05) is 37.9 Å². The van der Waals surface area contributed by atoms with E-state index in [0.29, 0.717) is 12.2 Å². The van der Waals surface area contributed by atoms with Gasteiger partial charge < -0.3 is 9.32 Å². The van der Waals surface area contributed by atoms with Crippen LogP contribution in [0.3, 0.4) is 0 Å². The van der Waals surface area contributed by atoms with Crippen molar-refractivity contribution in [3.63, 3.8) is 0 Å². The third-order valence-electron chi connectivity index (χ3n) is 5.81. The molecule has 0 N–H and O–H groups in total.